The molecule has 0 aliphatic carbocycles. The smallest absolute Gasteiger partial charge is 0.331 e. The highest BCUT2D eigenvalue weighted by Gasteiger charge is 2.31. The van der Waals surface area contributed by atoms with Crippen LogP contribution < -0.4 is 9.47 Å². The van der Waals surface area contributed by atoms with Gasteiger partial charge in [0, 0.05) is 6.04 Å². The molecule has 7 heteroatoms. The number of hydrogen-bond acceptors (Lipinski definition) is 4. The first kappa shape index (κ1) is 14.6. The van der Waals surface area contributed by atoms with Gasteiger partial charge < -0.3 is 19.5 Å². The molecule has 1 atom stereocenters. The van der Waals surface area contributed by atoms with Crippen LogP contribution in [0.15, 0.2) is 16.6 Å². The van der Waals surface area contributed by atoms with E-state index in [-0.39, 0.29) is 12.8 Å². The number of aliphatic carboxylic acids is 1. The minimum Gasteiger partial charge on any atom is -0.479 e. The highest BCUT2D eigenvalue weighted by molar-refractivity contribution is 9.10. The lowest BCUT2D eigenvalue weighted by Gasteiger charge is -2.29. The van der Waals surface area contributed by atoms with Gasteiger partial charge in [0.15, 0.2) is 17.5 Å². The topological polar surface area (TPSA) is 76.1 Å². The van der Waals surface area contributed by atoms with Gasteiger partial charge in [0.25, 0.3) is 0 Å². The van der Waals surface area contributed by atoms with Crippen LogP contribution in [0, 0.1) is 0 Å². The van der Waals surface area contributed by atoms with Gasteiger partial charge in [0.05, 0.1) is 4.47 Å². The van der Waals surface area contributed by atoms with Crippen LogP contribution in [-0.2, 0) is 9.59 Å². The Bertz CT molecular complexity index is 546. The van der Waals surface area contributed by atoms with Gasteiger partial charge >= 0.3 is 5.97 Å². The summed E-state index contributed by atoms with van der Waals surface area (Å²) in [6.07, 6.45) is 0.544. The van der Waals surface area contributed by atoms with Crippen molar-refractivity contribution in [2.24, 2.45) is 0 Å². The summed E-state index contributed by atoms with van der Waals surface area (Å²) in [7, 11) is 0. The zero-order chi connectivity index (χ0) is 14.9. The molecule has 2 rings (SSSR count). The third kappa shape index (κ3) is 2.58. The fourth-order valence-corrected chi connectivity index (χ4v) is 2.64. The van der Waals surface area contributed by atoms with Crippen LogP contribution >= 0.6 is 15.9 Å². The normalized spacial score (nSPS) is 14.2. The molecule has 1 amide bonds. The Morgan fingerprint density at radius 1 is 1.45 bits per heavy atom. The highest BCUT2D eigenvalue weighted by Crippen LogP contribution is 2.42. The number of carboxylic acid groups (broad SMARTS) is 1. The molecule has 1 aliphatic heterocycles. The third-order valence-corrected chi connectivity index (χ3v) is 3.60. The lowest BCUT2D eigenvalue weighted by Crippen LogP contribution is -2.38. The number of carbonyl (C=O) groups excluding carboxylic acids is 1. The Kier molecular flexibility index (Phi) is 4.17. The van der Waals surface area contributed by atoms with Crippen molar-refractivity contribution in [1.29, 1.82) is 0 Å². The van der Waals surface area contributed by atoms with E-state index >= 15 is 0 Å². The van der Waals surface area contributed by atoms with Gasteiger partial charge in [-0.1, -0.05) is 0 Å². The molecule has 1 N–H and O–H groups in total. The second kappa shape index (κ2) is 5.70. The fourth-order valence-electron chi connectivity index (χ4n) is 2.07. The van der Waals surface area contributed by atoms with Crippen molar-refractivity contribution in [2.45, 2.75) is 25.9 Å². The molecule has 0 bridgehead atoms. The maximum absolute atomic E-state index is 11.5. The quantitative estimate of drug-likeness (QED) is 0.829. The molecule has 20 heavy (non-hydrogen) atoms. The maximum Gasteiger partial charge on any atom is 0.331 e. The van der Waals surface area contributed by atoms with Crippen molar-refractivity contribution in [3.63, 3.8) is 0 Å². The first-order valence-electron chi connectivity index (χ1n) is 6.00. The SMILES string of the molecule is CC(C)N(C=O)C(C(=O)O)c1cc(Br)c2c(c1)OCO2. The zero-order valence-electron chi connectivity index (χ0n) is 11.0. The molecule has 0 fully saturated rings. The van der Waals surface area contributed by atoms with Gasteiger partial charge in [-0.05, 0) is 47.5 Å². The van der Waals surface area contributed by atoms with Crippen molar-refractivity contribution in [1.82, 2.24) is 4.90 Å². The van der Waals surface area contributed by atoms with Gasteiger partial charge in [-0.3, -0.25) is 4.79 Å². The largest absolute Gasteiger partial charge is 0.479 e. The fraction of sp³-hybridized carbons (Fsp3) is 0.385. The monoisotopic (exact) mass is 343 g/mol. The van der Waals surface area contributed by atoms with Crippen LogP contribution in [0.3, 0.4) is 0 Å². The molecule has 108 valence electrons. The number of carboxylic acids is 1. The van der Waals surface area contributed by atoms with E-state index in [9.17, 15) is 14.7 Å². The molecule has 0 spiro atoms. The average molecular weight is 344 g/mol. The van der Waals surface area contributed by atoms with E-state index < -0.39 is 12.0 Å². The number of carbonyl (C=O) groups is 2. The zero-order valence-corrected chi connectivity index (χ0v) is 12.6. The maximum atomic E-state index is 11.5. The number of rotatable bonds is 5. The highest BCUT2D eigenvalue weighted by atomic mass is 79.9. The summed E-state index contributed by atoms with van der Waals surface area (Å²) in [6, 6.07) is 1.91. The van der Waals surface area contributed by atoms with Crippen LogP contribution in [0.2, 0.25) is 0 Å². The van der Waals surface area contributed by atoms with Crippen LogP contribution in [0.1, 0.15) is 25.5 Å². The molecule has 0 aromatic heterocycles. The lowest BCUT2D eigenvalue weighted by atomic mass is 10.0. The molecular weight excluding hydrogens is 330 g/mol. The number of nitrogens with zero attached hydrogens (tertiary/aromatic N) is 1. The summed E-state index contributed by atoms with van der Waals surface area (Å²) in [6.45, 7) is 3.61. The van der Waals surface area contributed by atoms with E-state index in [4.69, 9.17) is 9.47 Å². The average Bonchev–Trinajstić information content (AvgIpc) is 2.83. The number of halogens is 1. The van der Waals surface area contributed by atoms with E-state index in [0.29, 0.717) is 27.9 Å². The first-order valence-corrected chi connectivity index (χ1v) is 6.79. The van der Waals surface area contributed by atoms with Crippen LogP contribution in [-0.4, -0.2) is 35.2 Å². The molecule has 1 aliphatic rings. The molecule has 0 radical (unpaired) electrons. The van der Waals surface area contributed by atoms with Crippen LogP contribution in [0.5, 0.6) is 11.5 Å². The molecule has 1 aromatic carbocycles. The van der Waals surface area contributed by atoms with Crippen molar-refractivity contribution in [3.05, 3.63) is 22.2 Å². The molecule has 1 heterocycles. The molecule has 1 aromatic rings. The summed E-state index contributed by atoms with van der Waals surface area (Å²) in [5.41, 5.74) is 0.453. The summed E-state index contributed by atoms with van der Waals surface area (Å²) in [5, 5.41) is 9.43. The second-order valence-corrected chi connectivity index (χ2v) is 5.48. The van der Waals surface area contributed by atoms with Gasteiger partial charge in [-0.15, -0.1) is 0 Å². The minimum absolute atomic E-state index is 0.0939. The lowest BCUT2D eigenvalue weighted by molar-refractivity contribution is -0.148. The van der Waals surface area contributed by atoms with E-state index in [1.807, 2.05) is 0 Å². The van der Waals surface area contributed by atoms with E-state index in [1.54, 1.807) is 26.0 Å². The number of benzene rings is 1. The number of fused-ring (bicyclic) bond motifs is 1. The van der Waals surface area contributed by atoms with E-state index in [1.165, 1.54) is 4.90 Å². The Hall–Kier alpha value is -1.76. The summed E-state index contributed by atoms with van der Waals surface area (Å²) < 4.78 is 11.1. The summed E-state index contributed by atoms with van der Waals surface area (Å²) in [5.74, 6) is -0.0908. The minimum atomic E-state index is -1.10. The summed E-state index contributed by atoms with van der Waals surface area (Å²) >= 11 is 3.32. The predicted molar refractivity (Wildman–Crippen MR) is 73.7 cm³/mol. The van der Waals surface area contributed by atoms with Crippen LogP contribution in [0.25, 0.3) is 0 Å². The van der Waals surface area contributed by atoms with Gasteiger partial charge in [-0.2, -0.15) is 0 Å². The van der Waals surface area contributed by atoms with Crippen molar-refractivity contribution < 1.29 is 24.2 Å². The van der Waals surface area contributed by atoms with Gasteiger partial charge in [0.2, 0.25) is 13.2 Å². The second-order valence-electron chi connectivity index (χ2n) is 4.62. The van der Waals surface area contributed by atoms with E-state index in [2.05, 4.69) is 15.9 Å². The Balaban J connectivity index is 2.47. The molecular formula is C13H14BrNO5. The number of ether oxygens (including phenoxy) is 2. The van der Waals surface area contributed by atoms with Gasteiger partial charge in [0.1, 0.15) is 0 Å². The van der Waals surface area contributed by atoms with Crippen molar-refractivity contribution in [3.8, 4) is 11.5 Å². The van der Waals surface area contributed by atoms with Crippen molar-refractivity contribution in [2.75, 3.05) is 6.79 Å². The Morgan fingerprint density at radius 2 is 2.15 bits per heavy atom. The van der Waals surface area contributed by atoms with Crippen molar-refractivity contribution >= 4 is 28.3 Å². The van der Waals surface area contributed by atoms with E-state index in [0.717, 1.165) is 0 Å². The molecule has 0 saturated carbocycles. The molecule has 1 unspecified atom stereocenters. The Morgan fingerprint density at radius 3 is 2.70 bits per heavy atom. The first-order chi connectivity index (χ1) is 9.45. The Labute approximate surface area is 124 Å². The number of amides is 1. The predicted octanol–water partition coefficient (Wildman–Crippen LogP) is 2.17. The molecule has 6 nitrogen and oxygen atoms in total. The van der Waals surface area contributed by atoms with Gasteiger partial charge in [-0.25, -0.2) is 4.79 Å². The third-order valence-electron chi connectivity index (χ3n) is 3.02. The standard InChI is InChI=1S/C13H14BrNO5/c1-7(2)15(5-16)11(13(17)18)8-3-9(14)12-10(4-8)19-6-20-12/h3-5,7,11H,6H2,1-2H3,(H,17,18). The number of hydrogen-bond donors (Lipinski definition) is 1. The molecule has 0 saturated heterocycles. The summed E-state index contributed by atoms with van der Waals surface area (Å²) in [4.78, 5) is 23.9. The van der Waals surface area contributed by atoms with Crippen LogP contribution in [0.4, 0.5) is 0 Å².